The van der Waals surface area contributed by atoms with Crippen LogP contribution in [0.2, 0.25) is 5.02 Å². The van der Waals surface area contributed by atoms with E-state index < -0.39 is 0 Å². The lowest BCUT2D eigenvalue weighted by atomic mass is 10.1. The Balaban J connectivity index is 1.69. The summed E-state index contributed by atoms with van der Waals surface area (Å²) in [7, 11) is 0. The van der Waals surface area contributed by atoms with E-state index in [4.69, 9.17) is 11.6 Å². The number of aryl methyl sites for hydroxylation is 1. The number of halogens is 1. The van der Waals surface area contributed by atoms with E-state index in [2.05, 4.69) is 20.6 Å². The minimum atomic E-state index is -0.286. The zero-order valence-corrected chi connectivity index (χ0v) is 14.4. The topological polar surface area (TPSA) is 66.9 Å². The van der Waals surface area contributed by atoms with Crippen LogP contribution in [0.4, 0.5) is 17.2 Å². The first-order valence-electron chi connectivity index (χ1n) is 7.89. The van der Waals surface area contributed by atoms with Crippen molar-refractivity contribution in [2.75, 3.05) is 10.6 Å². The molecule has 2 N–H and O–H groups in total. The third kappa shape index (κ3) is 4.33. The van der Waals surface area contributed by atoms with Crippen molar-refractivity contribution in [1.29, 1.82) is 0 Å². The number of carbonyl (C=O) groups is 1. The molecule has 2 aromatic carbocycles. The molecule has 0 unspecified atom stereocenters. The Hall–Kier alpha value is -2.92. The molecule has 0 radical (unpaired) electrons. The Morgan fingerprint density at radius 3 is 2.48 bits per heavy atom. The molecule has 25 heavy (non-hydrogen) atoms. The Labute approximate surface area is 151 Å². The van der Waals surface area contributed by atoms with Gasteiger partial charge < -0.3 is 10.6 Å². The third-order valence-corrected chi connectivity index (χ3v) is 3.90. The fourth-order valence-corrected chi connectivity index (χ4v) is 2.45. The van der Waals surface area contributed by atoms with Crippen molar-refractivity contribution in [3.8, 4) is 0 Å². The summed E-state index contributed by atoms with van der Waals surface area (Å²) in [5.41, 5.74) is 2.96. The number of hydrogen-bond donors (Lipinski definition) is 2. The van der Waals surface area contributed by atoms with Crippen LogP contribution in [0.5, 0.6) is 0 Å². The van der Waals surface area contributed by atoms with Crippen LogP contribution in [0.25, 0.3) is 0 Å². The molecule has 0 saturated carbocycles. The second kappa shape index (κ2) is 7.77. The maximum absolute atomic E-state index is 12.3. The highest BCUT2D eigenvalue weighted by atomic mass is 35.5. The first-order chi connectivity index (χ1) is 12.2. The number of para-hydroxylation sites is 1. The predicted molar refractivity (Wildman–Crippen MR) is 101 cm³/mol. The fourth-order valence-electron chi connectivity index (χ4n) is 2.33. The van der Waals surface area contributed by atoms with Crippen molar-refractivity contribution >= 4 is 34.7 Å². The highest BCUT2D eigenvalue weighted by molar-refractivity contribution is 6.30. The Morgan fingerprint density at radius 2 is 1.80 bits per heavy atom. The zero-order valence-electron chi connectivity index (χ0n) is 13.7. The second-order valence-electron chi connectivity index (χ2n) is 5.38. The Morgan fingerprint density at radius 1 is 1.04 bits per heavy atom. The summed E-state index contributed by atoms with van der Waals surface area (Å²) in [4.78, 5) is 20.8. The van der Waals surface area contributed by atoms with E-state index in [0.717, 1.165) is 23.4 Å². The van der Waals surface area contributed by atoms with E-state index >= 15 is 0 Å². The number of amides is 1. The molecular formula is C19H17ClN4O. The highest BCUT2D eigenvalue weighted by Crippen LogP contribution is 2.18. The number of carbonyl (C=O) groups excluding carboxylic acids is 1. The van der Waals surface area contributed by atoms with Crippen LogP contribution in [0.15, 0.2) is 60.9 Å². The van der Waals surface area contributed by atoms with Crippen LogP contribution in [0.3, 0.4) is 0 Å². The van der Waals surface area contributed by atoms with Gasteiger partial charge >= 0.3 is 0 Å². The number of nitrogens with one attached hydrogen (secondary N) is 2. The number of nitrogens with zero attached hydrogens (tertiary/aromatic N) is 2. The van der Waals surface area contributed by atoms with Crippen LogP contribution >= 0.6 is 11.6 Å². The molecule has 1 heterocycles. The van der Waals surface area contributed by atoms with E-state index in [1.165, 1.54) is 12.4 Å². The Bertz CT molecular complexity index is 863. The fraction of sp³-hybridized carbons (Fsp3) is 0.105. The molecule has 0 bridgehead atoms. The summed E-state index contributed by atoms with van der Waals surface area (Å²) in [6.45, 7) is 2.04. The Kier molecular flexibility index (Phi) is 5.26. The standard InChI is InChI=1S/C19H17ClN4O/c1-2-13-5-3-4-6-16(13)24-19(25)17-11-22-18(12-21-17)23-15-9-7-14(20)8-10-15/h3-12H,2H2,1H3,(H,22,23)(H,24,25). The molecular weight excluding hydrogens is 336 g/mol. The molecule has 1 amide bonds. The molecule has 6 heteroatoms. The normalized spacial score (nSPS) is 10.3. The molecule has 3 rings (SSSR count). The average molecular weight is 353 g/mol. The maximum atomic E-state index is 12.3. The van der Waals surface area contributed by atoms with Crippen LogP contribution in [0.1, 0.15) is 23.0 Å². The largest absolute Gasteiger partial charge is 0.339 e. The molecule has 5 nitrogen and oxygen atoms in total. The van der Waals surface area contributed by atoms with E-state index in [9.17, 15) is 4.79 Å². The summed E-state index contributed by atoms with van der Waals surface area (Å²) in [6, 6.07) is 14.9. The third-order valence-electron chi connectivity index (χ3n) is 3.65. The van der Waals surface area contributed by atoms with Gasteiger partial charge in [0.1, 0.15) is 11.5 Å². The summed E-state index contributed by atoms with van der Waals surface area (Å²) >= 11 is 5.86. The van der Waals surface area contributed by atoms with Gasteiger partial charge in [0.25, 0.3) is 5.91 Å². The number of hydrogen-bond acceptors (Lipinski definition) is 4. The first kappa shape index (κ1) is 16.9. The first-order valence-corrected chi connectivity index (χ1v) is 8.27. The van der Waals surface area contributed by atoms with Crippen molar-refractivity contribution in [3.63, 3.8) is 0 Å². The summed E-state index contributed by atoms with van der Waals surface area (Å²) in [5, 5.41) is 6.64. The van der Waals surface area contributed by atoms with Gasteiger partial charge in [0, 0.05) is 16.4 Å². The van der Waals surface area contributed by atoms with E-state index in [1.807, 2.05) is 43.3 Å². The summed E-state index contributed by atoms with van der Waals surface area (Å²) < 4.78 is 0. The van der Waals surface area contributed by atoms with Crippen LogP contribution in [-0.4, -0.2) is 15.9 Å². The van der Waals surface area contributed by atoms with Crippen molar-refractivity contribution in [2.45, 2.75) is 13.3 Å². The van der Waals surface area contributed by atoms with Gasteiger partial charge in [-0.2, -0.15) is 0 Å². The molecule has 0 aliphatic rings. The molecule has 0 fully saturated rings. The van der Waals surface area contributed by atoms with Crippen molar-refractivity contribution in [3.05, 3.63) is 77.2 Å². The number of rotatable bonds is 5. The van der Waals surface area contributed by atoms with Gasteiger partial charge in [0.2, 0.25) is 0 Å². The molecule has 0 aliphatic heterocycles. The van der Waals surface area contributed by atoms with Gasteiger partial charge in [0.05, 0.1) is 12.4 Å². The van der Waals surface area contributed by atoms with Gasteiger partial charge in [-0.05, 0) is 42.3 Å². The second-order valence-corrected chi connectivity index (χ2v) is 5.82. The van der Waals surface area contributed by atoms with Gasteiger partial charge in [-0.15, -0.1) is 0 Å². The van der Waals surface area contributed by atoms with Gasteiger partial charge in [-0.3, -0.25) is 4.79 Å². The monoisotopic (exact) mass is 352 g/mol. The molecule has 0 saturated heterocycles. The van der Waals surface area contributed by atoms with Crippen molar-refractivity contribution in [2.24, 2.45) is 0 Å². The lowest BCUT2D eigenvalue weighted by molar-refractivity contribution is 0.102. The summed E-state index contributed by atoms with van der Waals surface area (Å²) in [5.74, 6) is 0.263. The van der Waals surface area contributed by atoms with Crippen LogP contribution in [-0.2, 0) is 6.42 Å². The van der Waals surface area contributed by atoms with Crippen LogP contribution in [0, 0.1) is 0 Å². The number of benzene rings is 2. The molecule has 3 aromatic rings. The zero-order chi connectivity index (χ0) is 17.6. The molecule has 0 spiro atoms. The van der Waals surface area contributed by atoms with Gasteiger partial charge in [-0.1, -0.05) is 36.7 Å². The smallest absolute Gasteiger partial charge is 0.275 e. The highest BCUT2D eigenvalue weighted by Gasteiger charge is 2.10. The minimum Gasteiger partial charge on any atom is -0.339 e. The maximum Gasteiger partial charge on any atom is 0.275 e. The molecule has 0 aliphatic carbocycles. The van der Waals surface area contributed by atoms with Crippen LogP contribution < -0.4 is 10.6 Å². The quantitative estimate of drug-likeness (QED) is 0.699. The molecule has 1 aromatic heterocycles. The van der Waals surface area contributed by atoms with E-state index in [0.29, 0.717) is 10.8 Å². The van der Waals surface area contributed by atoms with Gasteiger partial charge in [-0.25, -0.2) is 9.97 Å². The van der Waals surface area contributed by atoms with E-state index in [1.54, 1.807) is 12.1 Å². The lowest BCUT2D eigenvalue weighted by Gasteiger charge is -2.09. The molecule has 0 atom stereocenters. The predicted octanol–water partition coefficient (Wildman–Crippen LogP) is 4.69. The minimum absolute atomic E-state index is 0.257. The number of anilines is 3. The van der Waals surface area contributed by atoms with E-state index in [-0.39, 0.29) is 11.6 Å². The van der Waals surface area contributed by atoms with Crippen molar-refractivity contribution in [1.82, 2.24) is 9.97 Å². The lowest BCUT2D eigenvalue weighted by Crippen LogP contribution is -2.15. The SMILES string of the molecule is CCc1ccccc1NC(=O)c1cnc(Nc2ccc(Cl)cc2)cn1. The average Bonchev–Trinajstić information content (AvgIpc) is 2.64. The molecule has 126 valence electrons. The van der Waals surface area contributed by atoms with Gasteiger partial charge in [0.15, 0.2) is 0 Å². The number of aromatic nitrogens is 2. The van der Waals surface area contributed by atoms with Crippen molar-refractivity contribution < 1.29 is 4.79 Å². The summed E-state index contributed by atoms with van der Waals surface area (Å²) in [6.07, 6.45) is 3.81.